The summed E-state index contributed by atoms with van der Waals surface area (Å²) < 4.78 is 5.15. The third-order valence-electron chi connectivity index (χ3n) is 3.40. The Morgan fingerprint density at radius 1 is 1.30 bits per heavy atom. The quantitative estimate of drug-likeness (QED) is 0.795. The number of halogens is 2. The van der Waals surface area contributed by atoms with E-state index in [1.54, 1.807) is 27.9 Å². The molecule has 1 aromatic carbocycles. The molecule has 0 heterocycles. The normalized spacial score (nSPS) is 20.4. The average Bonchev–Trinajstić information content (AvgIpc) is 2.97. The molecule has 1 aromatic rings. The minimum absolute atomic E-state index is 0.0793. The summed E-state index contributed by atoms with van der Waals surface area (Å²) in [4.78, 5) is 13.5. The molecule has 1 fully saturated rings. The zero-order valence-electron chi connectivity index (χ0n) is 12.1. The van der Waals surface area contributed by atoms with Gasteiger partial charge in [-0.25, -0.2) is 0 Å². The van der Waals surface area contributed by atoms with E-state index < -0.39 is 9.93 Å². The molecule has 0 N–H and O–H groups in total. The van der Waals surface area contributed by atoms with Gasteiger partial charge >= 0.3 is 0 Å². The standard InChI is InChI=1S/C15H19Cl2NO2/c1-14(2,13(19)18(3)4)20-11-7-5-10(6-8-11)12-9-15(12,16)17/h5-8,12H,9H2,1-4H3. The van der Waals surface area contributed by atoms with Crippen LogP contribution in [-0.2, 0) is 4.79 Å². The Morgan fingerprint density at radius 3 is 2.20 bits per heavy atom. The third-order valence-corrected chi connectivity index (χ3v) is 4.24. The number of hydrogen-bond donors (Lipinski definition) is 0. The second-order valence-electron chi connectivity index (χ2n) is 5.90. The number of benzene rings is 1. The van der Waals surface area contributed by atoms with Gasteiger partial charge in [0.25, 0.3) is 5.91 Å². The molecule has 0 aliphatic heterocycles. The summed E-state index contributed by atoms with van der Waals surface area (Å²) in [6, 6.07) is 7.59. The molecule has 0 saturated heterocycles. The van der Waals surface area contributed by atoms with E-state index in [2.05, 4.69) is 0 Å². The van der Waals surface area contributed by atoms with Crippen LogP contribution >= 0.6 is 23.2 Å². The number of carbonyl (C=O) groups is 1. The van der Waals surface area contributed by atoms with Gasteiger partial charge in [-0.2, -0.15) is 0 Å². The molecule has 110 valence electrons. The first-order valence-corrected chi connectivity index (χ1v) is 7.27. The van der Waals surface area contributed by atoms with Crippen LogP contribution in [0, 0.1) is 0 Å². The zero-order valence-corrected chi connectivity index (χ0v) is 13.6. The van der Waals surface area contributed by atoms with Crippen molar-refractivity contribution in [2.24, 2.45) is 0 Å². The van der Waals surface area contributed by atoms with E-state index in [0.717, 1.165) is 12.0 Å². The lowest BCUT2D eigenvalue weighted by molar-refractivity contribution is -0.142. The van der Waals surface area contributed by atoms with E-state index in [0.29, 0.717) is 5.75 Å². The summed E-state index contributed by atoms with van der Waals surface area (Å²) in [5, 5.41) is 0. The molecule has 0 aromatic heterocycles. The lowest BCUT2D eigenvalue weighted by Crippen LogP contribution is -2.45. The third kappa shape index (κ3) is 3.21. The molecule has 0 radical (unpaired) electrons. The fourth-order valence-corrected chi connectivity index (χ4v) is 2.78. The summed E-state index contributed by atoms with van der Waals surface area (Å²) in [6.07, 6.45) is 0.779. The Balaban J connectivity index is 2.06. The van der Waals surface area contributed by atoms with Crippen LogP contribution in [0.1, 0.15) is 31.7 Å². The smallest absolute Gasteiger partial charge is 0.265 e. The molecule has 5 heteroatoms. The van der Waals surface area contributed by atoms with Gasteiger partial charge in [-0.05, 0) is 38.0 Å². The predicted octanol–water partition coefficient (Wildman–Crippen LogP) is 3.59. The fourth-order valence-electron chi connectivity index (χ4n) is 2.22. The summed E-state index contributed by atoms with van der Waals surface area (Å²) in [5.74, 6) is 0.768. The van der Waals surface area contributed by atoms with Gasteiger partial charge in [0.2, 0.25) is 0 Å². The Labute approximate surface area is 129 Å². The van der Waals surface area contributed by atoms with Crippen molar-refractivity contribution in [3.05, 3.63) is 29.8 Å². The summed E-state index contributed by atoms with van der Waals surface area (Å²) in [7, 11) is 3.42. The molecule has 1 aliphatic rings. The molecule has 3 nitrogen and oxygen atoms in total. The topological polar surface area (TPSA) is 29.5 Å². The number of nitrogens with zero attached hydrogens (tertiary/aromatic N) is 1. The van der Waals surface area contributed by atoms with Crippen molar-refractivity contribution in [1.29, 1.82) is 0 Å². The predicted molar refractivity (Wildman–Crippen MR) is 81.6 cm³/mol. The number of likely N-dealkylation sites (N-methyl/N-ethyl adjacent to an activating group) is 1. The Bertz CT molecular complexity index is 509. The van der Waals surface area contributed by atoms with Gasteiger partial charge < -0.3 is 9.64 Å². The lowest BCUT2D eigenvalue weighted by Gasteiger charge is -2.28. The van der Waals surface area contributed by atoms with E-state index in [4.69, 9.17) is 27.9 Å². The Hall–Kier alpha value is -0.930. The summed E-state index contributed by atoms with van der Waals surface area (Å²) >= 11 is 12.1. The second kappa shape index (κ2) is 5.12. The maximum Gasteiger partial charge on any atom is 0.265 e. The van der Waals surface area contributed by atoms with Crippen LogP contribution in [0.3, 0.4) is 0 Å². The maximum absolute atomic E-state index is 12.0. The molecule has 1 saturated carbocycles. The van der Waals surface area contributed by atoms with Crippen molar-refractivity contribution in [2.45, 2.75) is 36.1 Å². The highest BCUT2D eigenvalue weighted by atomic mass is 35.5. The van der Waals surface area contributed by atoms with Gasteiger partial charge in [0.15, 0.2) is 5.60 Å². The number of ether oxygens (including phenoxy) is 1. The van der Waals surface area contributed by atoms with Crippen molar-refractivity contribution in [1.82, 2.24) is 4.90 Å². The number of alkyl halides is 2. The SMILES string of the molecule is CN(C)C(=O)C(C)(C)Oc1ccc(C2CC2(Cl)Cl)cc1. The summed E-state index contributed by atoms with van der Waals surface area (Å²) in [5.41, 5.74) is 0.201. The number of carbonyl (C=O) groups excluding carboxylic acids is 1. The molecule has 2 rings (SSSR count). The van der Waals surface area contributed by atoms with Crippen LogP contribution in [0.15, 0.2) is 24.3 Å². The minimum atomic E-state index is -0.896. The molecule has 20 heavy (non-hydrogen) atoms. The van der Waals surface area contributed by atoms with Gasteiger partial charge in [0.05, 0.1) is 0 Å². The molecule has 1 amide bonds. The molecule has 1 atom stereocenters. The first-order chi connectivity index (χ1) is 9.13. The number of amides is 1. The summed E-state index contributed by atoms with van der Waals surface area (Å²) in [6.45, 7) is 3.51. The van der Waals surface area contributed by atoms with Crippen LogP contribution in [0.25, 0.3) is 0 Å². The monoisotopic (exact) mass is 315 g/mol. The molecule has 1 unspecified atom stereocenters. The van der Waals surface area contributed by atoms with Gasteiger partial charge in [0.1, 0.15) is 10.1 Å². The molecule has 0 spiro atoms. The Kier molecular flexibility index (Phi) is 3.96. The van der Waals surface area contributed by atoms with Gasteiger partial charge in [-0.15, -0.1) is 23.2 Å². The van der Waals surface area contributed by atoms with Crippen molar-refractivity contribution in [2.75, 3.05) is 14.1 Å². The Morgan fingerprint density at radius 2 is 1.80 bits per heavy atom. The van der Waals surface area contributed by atoms with Crippen LogP contribution in [0.2, 0.25) is 0 Å². The van der Waals surface area contributed by atoms with Gasteiger partial charge in [-0.1, -0.05) is 12.1 Å². The van der Waals surface area contributed by atoms with Crippen molar-refractivity contribution in [3.8, 4) is 5.75 Å². The lowest BCUT2D eigenvalue weighted by atomic mass is 10.1. The van der Waals surface area contributed by atoms with Gasteiger partial charge in [-0.3, -0.25) is 4.79 Å². The van der Waals surface area contributed by atoms with Crippen LogP contribution in [-0.4, -0.2) is 34.8 Å². The van der Waals surface area contributed by atoms with Crippen molar-refractivity contribution >= 4 is 29.1 Å². The largest absolute Gasteiger partial charge is 0.478 e. The average molecular weight is 316 g/mol. The first kappa shape index (κ1) is 15.5. The molecule has 0 bridgehead atoms. The zero-order chi connectivity index (χ0) is 15.1. The van der Waals surface area contributed by atoms with E-state index >= 15 is 0 Å². The van der Waals surface area contributed by atoms with Crippen LogP contribution in [0.5, 0.6) is 5.75 Å². The fraction of sp³-hybridized carbons (Fsp3) is 0.533. The molecule has 1 aliphatic carbocycles. The molecular formula is C15H19Cl2NO2. The van der Waals surface area contributed by atoms with Crippen LogP contribution < -0.4 is 4.74 Å². The van der Waals surface area contributed by atoms with E-state index in [1.165, 1.54) is 4.90 Å². The maximum atomic E-state index is 12.0. The van der Waals surface area contributed by atoms with Crippen LogP contribution in [0.4, 0.5) is 0 Å². The van der Waals surface area contributed by atoms with E-state index in [-0.39, 0.29) is 11.8 Å². The van der Waals surface area contributed by atoms with E-state index in [1.807, 2.05) is 24.3 Å². The minimum Gasteiger partial charge on any atom is -0.478 e. The van der Waals surface area contributed by atoms with Crippen molar-refractivity contribution < 1.29 is 9.53 Å². The highest BCUT2D eigenvalue weighted by Gasteiger charge is 2.52. The van der Waals surface area contributed by atoms with E-state index in [9.17, 15) is 4.79 Å². The van der Waals surface area contributed by atoms with Gasteiger partial charge in [0, 0.05) is 20.0 Å². The highest BCUT2D eigenvalue weighted by Crippen LogP contribution is 2.59. The highest BCUT2D eigenvalue weighted by molar-refractivity contribution is 6.51. The number of rotatable bonds is 4. The number of hydrogen-bond acceptors (Lipinski definition) is 2. The second-order valence-corrected chi connectivity index (χ2v) is 7.44. The molecular weight excluding hydrogens is 297 g/mol. The first-order valence-electron chi connectivity index (χ1n) is 6.52. The van der Waals surface area contributed by atoms with Crippen molar-refractivity contribution in [3.63, 3.8) is 0 Å².